The highest BCUT2D eigenvalue weighted by Crippen LogP contribution is 2.09. The van der Waals surface area contributed by atoms with Crippen LogP contribution in [0.1, 0.15) is 78.0 Å². The zero-order chi connectivity index (χ0) is 15.0. The van der Waals surface area contributed by atoms with Gasteiger partial charge in [-0.05, 0) is 49.3 Å². The highest BCUT2D eigenvalue weighted by Gasteiger charge is 2.08. The van der Waals surface area contributed by atoms with Gasteiger partial charge < -0.3 is 4.98 Å². The Kier molecular flexibility index (Phi) is 7.72. The highest BCUT2D eigenvalue weighted by molar-refractivity contribution is 5.37. The number of unbranched alkanes of at least 4 members (excludes halogenated alkanes) is 1. The molecular weight excluding hydrogens is 242 g/mol. The lowest BCUT2D eigenvalue weighted by molar-refractivity contribution is 0.661. The second-order valence-corrected chi connectivity index (χ2v) is 5.98. The maximum Gasteiger partial charge on any atom is 0.0417 e. The summed E-state index contributed by atoms with van der Waals surface area (Å²) in [5.41, 5.74) is 3.05. The molecule has 0 spiro atoms. The normalized spacial score (nSPS) is 15.1. The van der Waals surface area contributed by atoms with Gasteiger partial charge in [-0.1, -0.05) is 59.1 Å². The van der Waals surface area contributed by atoms with Crippen LogP contribution >= 0.6 is 0 Å². The average molecular weight is 275 g/mol. The minimum atomic E-state index is 0.658. The molecule has 0 radical (unpaired) electrons. The van der Waals surface area contributed by atoms with Crippen molar-refractivity contribution in [1.82, 2.24) is 4.98 Å². The van der Waals surface area contributed by atoms with E-state index in [0.29, 0.717) is 5.92 Å². The zero-order valence-corrected chi connectivity index (χ0v) is 14.2. The van der Waals surface area contributed by atoms with Crippen LogP contribution in [0.15, 0.2) is 0 Å². The summed E-state index contributed by atoms with van der Waals surface area (Å²) in [6.45, 7) is 11.3. The van der Waals surface area contributed by atoms with Crippen LogP contribution in [-0.2, 0) is 12.8 Å². The fraction of sp³-hybridized carbons (Fsp3) is 0.684. The molecule has 1 heterocycles. The molecule has 0 amide bonds. The van der Waals surface area contributed by atoms with Gasteiger partial charge in [0.15, 0.2) is 0 Å². The van der Waals surface area contributed by atoms with E-state index in [1.807, 2.05) is 0 Å². The first-order valence-electron chi connectivity index (χ1n) is 8.55. The third-order valence-corrected chi connectivity index (χ3v) is 4.03. The second kappa shape index (κ2) is 9.05. The van der Waals surface area contributed by atoms with Crippen molar-refractivity contribution in [2.75, 3.05) is 0 Å². The maximum absolute atomic E-state index is 3.72. The Balaban J connectivity index is 3.24. The molecule has 1 heteroatoms. The van der Waals surface area contributed by atoms with Gasteiger partial charge in [0.25, 0.3) is 0 Å². The molecule has 20 heavy (non-hydrogen) atoms. The predicted molar refractivity (Wildman–Crippen MR) is 91.3 cm³/mol. The van der Waals surface area contributed by atoms with Crippen LogP contribution < -0.4 is 10.6 Å². The molecule has 1 aromatic heterocycles. The van der Waals surface area contributed by atoms with Crippen molar-refractivity contribution in [3.8, 4) is 0 Å². The Bertz CT molecular complexity index is 493. The summed E-state index contributed by atoms with van der Waals surface area (Å²) in [4.78, 5) is 3.72. The van der Waals surface area contributed by atoms with Crippen molar-refractivity contribution >= 4 is 12.2 Å². The standard InChI is InChI=1S/C19H33N/c1-6-10-13-18-17(12-8-3)16(9-4)19(20-18)14-15(5)11-7-2/h9,14-15,20H,6-8,10-13H2,1-5H3/b16-9-,19-14+. The monoisotopic (exact) mass is 275 g/mol. The number of aryl methyl sites for hydroxylation is 1. The number of aromatic nitrogens is 1. The molecule has 0 saturated heterocycles. The molecule has 1 unspecified atom stereocenters. The first-order chi connectivity index (χ1) is 9.67. The molecule has 1 rings (SSSR count). The molecule has 0 bridgehead atoms. The summed E-state index contributed by atoms with van der Waals surface area (Å²) in [5, 5.41) is 2.82. The van der Waals surface area contributed by atoms with Crippen molar-refractivity contribution in [3.05, 3.63) is 21.8 Å². The lowest BCUT2D eigenvalue weighted by Gasteiger charge is -2.01. The molecule has 114 valence electrons. The van der Waals surface area contributed by atoms with Gasteiger partial charge in [-0.25, -0.2) is 0 Å². The van der Waals surface area contributed by atoms with Gasteiger partial charge in [-0.15, -0.1) is 0 Å². The molecule has 0 fully saturated rings. The fourth-order valence-corrected chi connectivity index (χ4v) is 3.02. The van der Waals surface area contributed by atoms with Gasteiger partial charge in [0.1, 0.15) is 0 Å². The molecule has 1 atom stereocenters. The molecule has 0 aromatic carbocycles. The Morgan fingerprint density at radius 2 is 1.80 bits per heavy atom. The zero-order valence-electron chi connectivity index (χ0n) is 14.2. The van der Waals surface area contributed by atoms with Gasteiger partial charge in [-0.2, -0.15) is 0 Å². The topological polar surface area (TPSA) is 15.8 Å². The number of aromatic amines is 1. The van der Waals surface area contributed by atoms with E-state index >= 15 is 0 Å². The van der Waals surface area contributed by atoms with Gasteiger partial charge in [0.05, 0.1) is 0 Å². The Morgan fingerprint density at radius 1 is 1.05 bits per heavy atom. The van der Waals surface area contributed by atoms with Gasteiger partial charge >= 0.3 is 0 Å². The summed E-state index contributed by atoms with van der Waals surface area (Å²) in [7, 11) is 0. The minimum absolute atomic E-state index is 0.658. The van der Waals surface area contributed by atoms with Gasteiger partial charge in [0.2, 0.25) is 0 Å². The van der Waals surface area contributed by atoms with Crippen molar-refractivity contribution < 1.29 is 0 Å². The second-order valence-electron chi connectivity index (χ2n) is 5.98. The average Bonchev–Trinajstić information content (AvgIpc) is 2.74. The minimum Gasteiger partial charge on any atom is -0.358 e. The van der Waals surface area contributed by atoms with Crippen LogP contribution in [-0.4, -0.2) is 4.98 Å². The van der Waals surface area contributed by atoms with E-state index in [9.17, 15) is 0 Å². The van der Waals surface area contributed by atoms with Crippen LogP contribution in [0.3, 0.4) is 0 Å². The van der Waals surface area contributed by atoms with Crippen molar-refractivity contribution in [3.63, 3.8) is 0 Å². The van der Waals surface area contributed by atoms with Crippen LogP contribution in [0, 0.1) is 5.92 Å². The summed E-state index contributed by atoms with van der Waals surface area (Å²) in [6, 6.07) is 0. The lowest BCUT2D eigenvalue weighted by Crippen LogP contribution is -2.25. The smallest absolute Gasteiger partial charge is 0.0417 e. The molecule has 1 nitrogen and oxygen atoms in total. The van der Waals surface area contributed by atoms with Crippen molar-refractivity contribution in [1.29, 1.82) is 0 Å². The number of rotatable bonds is 8. The van der Waals surface area contributed by atoms with Crippen LogP contribution in [0.4, 0.5) is 0 Å². The first-order valence-corrected chi connectivity index (χ1v) is 8.55. The fourth-order valence-electron chi connectivity index (χ4n) is 3.02. The molecule has 0 aliphatic heterocycles. The first kappa shape index (κ1) is 17.1. The summed E-state index contributed by atoms with van der Waals surface area (Å²) in [5.74, 6) is 0.658. The third kappa shape index (κ3) is 4.54. The van der Waals surface area contributed by atoms with E-state index in [1.54, 1.807) is 5.56 Å². The Labute approximate surface area is 125 Å². The summed E-state index contributed by atoms with van der Waals surface area (Å²) >= 11 is 0. The van der Waals surface area contributed by atoms with Crippen LogP contribution in [0.25, 0.3) is 12.2 Å². The third-order valence-electron chi connectivity index (χ3n) is 4.03. The highest BCUT2D eigenvalue weighted by atomic mass is 14.7. The molecule has 0 aliphatic carbocycles. The number of hydrogen-bond acceptors (Lipinski definition) is 0. The van der Waals surface area contributed by atoms with Crippen LogP contribution in [0.5, 0.6) is 0 Å². The molecule has 0 saturated carbocycles. The predicted octanol–water partition coefficient (Wildman–Crippen LogP) is 4.33. The van der Waals surface area contributed by atoms with E-state index in [2.05, 4.69) is 51.8 Å². The summed E-state index contributed by atoms with van der Waals surface area (Å²) in [6.07, 6.45) is 13.4. The van der Waals surface area contributed by atoms with E-state index < -0.39 is 0 Å². The van der Waals surface area contributed by atoms with Gasteiger partial charge in [0, 0.05) is 11.0 Å². The number of H-pyrrole nitrogens is 1. The van der Waals surface area contributed by atoms with Crippen molar-refractivity contribution in [2.24, 2.45) is 5.92 Å². The lowest BCUT2D eigenvalue weighted by atomic mass is 10.0. The van der Waals surface area contributed by atoms with E-state index in [4.69, 9.17) is 0 Å². The van der Waals surface area contributed by atoms with E-state index in [1.165, 1.54) is 61.2 Å². The molecular formula is C19H33N. The SMILES string of the molecule is C/C=c1/c(CCC)c(CCCC)[nH]/c1=C/C(C)CCC. The largest absolute Gasteiger partial charge is 0.358 e. The number of hydrogen-bond donors (Lipinski definition) is 1. The Morgan fingerprint density at radius 3 is 2.35 bits per heavy atom. The summed E-state index contributed by atoms with van der Waals surface area (Å²) < 4.78 is 0. The molecule has 1 aromatic rings. The van der Waals surface area contributed by atoms with Gasteiger partial charge in [-0.3, -0.25) is 0 Å². The van der Waals surface area contributed by atoms with Crippen LogP contribution in [0.2, 0.25) is 0 Å². The molecule has 1 N–H and O–H groups in total. The quantitative estimate of drug-likeness (QED) is 0.727. The number of nitrogens with one attached hydrogen (secondary N) is 1. The van der Waals surface area contributed by atoms with Crippen molar-refractivity contribution in [2.45, 2.75) is 79.6 Å². The Hall–Kier alpha value is -0.980. The maximum atomic E-state index is 3.72. The van der Waals surface area contributed by atoms with E-state index in [0.717, 1.165) is 0 Å². The molecule has 0 aliphatic rings. The van der Waals surface area contributed by atoms with E-state index in [-0.39, 0.29) is 0 Å².